The Labute approximate surface area is 134 Å². The number of aromatic nitrogens is 2. The van der Waals surface area contributed by atoms with Crippen molar-refractivity contribution < 1.29 is 17.9 Å². The van der Waals surface area contributed by atoms with Gasteiger partial charge in [-0.1, -0.05) is 6.42 Å². The van der Waals surface area contributed by atoms with Gasteiger partial charge in [-0.2, -0.15) is 13.2 Å². The second kappa shape index (κ2) is 6.63. The second-order valence-corrected chi connectivity index (χ2v) is 6.71. The van der Waals surface area contributed by atoms with Crippen molar-refractivity contribution in [2.45, 2.75) is 38.3 Å². The zero-order valence-electron chi connectivity index (χ0n) is 13.1. The largest absolute Gasteiger partial charge is 0.476 e. The van der Waals surface area contributed by atoms with Crippen molar-refractivity contribution in [2.75, 3.05) is 26.2 Å². The van der Waals surface area contributed by atoms with Gasteiger partial charge in [0.1, 0.15) is 0 Å². The molecule has 4 nitrogen and oxygen atoms in total. The molecule has 1 aliphatic carbocycles. The molecule has 1 saturated heterocycles. The molecule has 2 fully saturated rings. The third-order valence-electron chi connectivity index (χ3n) is 5.15. The van der Waals surface area contributed by atoms with Crippen LogP contribution in [0.2, 0.25) is 0 Å². The number of hydrogen-bond donors (Lipinski definition) is 0. The number of piperidine rings is 1. The van der Waals surface area contributed by atoms with Crippen molar-refractivity contribution in [3.05, 3.63) is 18.6 Å². The third kappa shape index (κ3) is 3.76. The van der Waals surface area contributed by atoms with Crippen LogP contribution in [-0.4, -0.2) is 47.3 Å². The Morgan fingerprint density at radius 1 is 1.22 bits per heavy atom. The van der Waals surface area contributed by atoms with Crippen molar-refractivity contribution in [2.24, 2.45) is 11.3 Å². The molecule has 0 bridgehead atoms. The minimum atomic E-state index is -4.07. The molecule has 1 aromatic rings. The molecule has 0 spiro atoms. The predicted molar refractivity (Wildman–Crippen MR) is 79.0 cm³/mol. The highest BCUT2D eigenvalue weighted by molar-refractivity contribution is 5.01. The number of rotatable bonds is 5. The van der Waals surface area contributed by atoms with E-state index in [1.807, 2.05) is 4.90 Å². The fourth-order valence-corrected chi connectivity index (χ4v) is 3.44. The molecule has 3 rings (SSSR count). The zero-order valence-corrected chi connectivity index (χ0v) is 13.1. The Kier molecular flexibility index (Phi) is 4.75. The Morgan fingerprint density at radius 2 is 1.96 bits per heavy atom. The minimum absolute atomic E-state index is 0.161. The molecule has 0 amide bonds. The van der Waals surface area contributed by atoms with E-state index in [1.54, 1.807) is 18.6 Å². The molecule has 7 heteroatoms. The average molecular weight is 329 g/mol. The Balaban J connectivity index is 1.44. The first-order valence-electron chi connectivity index (χ1n) is 8.16. The molecular weight excluding hydrogens is 307 g/mol. The van der Waals surface area contributed by atoms with Gasteiger partial charge in [0.05, 0.1) is 18.2 Å². The fraction of sp³-hybridized carbons (Fsp3) is 0.750. The molecule has 1 aliphatic heterocycles. The van der Waals surface area contributed by atoms with Crippen LogP contribution in [0.1, 0.15) is 32.1 Å². The van der Waals surface area contributed by atoms with E-state index in [0.717, 1.165) is 12.8 Å². The number of alkyl halides is 3. The lowest BCUT2D eigenvalue weighted by Crippen LogP contribution is -2.53. The van der Waals surface area contributed by atoms with Crippen LogP contribution < -0.4 is 4.74 Å². The monoisotopic (exact) mass is 329 g/mol. The number of ether oxygens (including phenoxy) is 1. The summed E-state index contributed by atoms with van der Waals surface area (Å²) in [4.78, 5) is 9.97. The van der Waals surface area contributed by atoms with Crippen LogP contribution in [0.3, 0.4) is 0 Å². The molecule has 1 saturated carbocycles. The summed E-state index contributed by atoms with van der Waals surface area (Å²) in [6, 6.07) is 0. The number of nitrogens with zero attached hydrogens (tertiary/aromatic N) is 3. The smallest absolute Gasteiger partial charge is 0.395 e. The molecule has 23 heavy (non-hydrogen) atoms. The van der Waals surface area contributed by atoms with Crippen molar-refractivity contribution >= 4 is 0 Å². The van der Waals surface area contributed by atoms with Crippen LogP contribution in [0.15, 0.2) is 18.6 Å². The summed E-state index contributed by atoms with van der Waals surface area (Å²) in [5.41, 5.74) is -1.45. The summed E-state index contributed by atoms with van der Waals surface area (Å²) in [6.07, 6.45) is 3.66. The molecule has 2 heterocycles. The van der Waals surface area contributed by atoms with E-state index >= 15 is 0 Å². The lowest BCUT2D eigenvalue weighted by molar-refractivity contribution is -0.256. The maximum atomic E-state index is 13.2. The minimum Gasteiger partial charge on any atom is -0.476 e. The highest BCUT2D eigenvalue weighted by Crippen LogP contribution is 2.53. The van der Waals surface area contributed by atoms with E-state index in [2.05, 4.69) is 9.97 Å². The molecule has 0 aromatic carbocycles. The van der Waals surface area contributed by atoms with E-state index < -0.39 is 11.6 Å². The van der Waals surface area contributed by atoms with Crippen LogP contribution in [0.4, 0.5) is 13.2 Å². The number of hydrogen-bond acceptors (Lipinski definition) is 4. The first-order chi connectivity index (χ1) is 11.0. The van der Waals surface area contributed by atoms with Crippen LogP contribution in [-0.2, 0) is 0 Å². The van der Waals surface area contributed by atoms with Gasteiger partial charge in [-0.05, 0) is 44.7 Å². The van der Waals surface area contributed by atoms with E-state index in [4.69, 9.17) is 4.74 Å². The molecule has 1 aromatic heterocycles. The fourth-order valence-electron chi connectivity index (χ4n) is 3.44. The number of likely N-dealkylation sites (tertiary alicyclic amines) is 1. The standard InChI is InChI=1S/C16H22F3N3O/c17-16(18,19)15(4-1-5-15)12-22-8-2-13(3-9-22)11-23-14-10-20-6-7-21-14/h6-7,10,13H,1-5,8-9,11-12H2. The lowest BCUT2D eigenvalue weighted by Gasteiger charge is -2.47. The van der Waals surface area contributed by atoms with Crippen molar-refractivity contribution in [1.82, 2.24) is 14.9 Å². The van der Waals surface area contributed by atoms with Gasteiger partial charge in [-0.15, -0.1) is 0 Å². The van der Waals surface area contributed by atoms with Gasteiger partial charge in [0.15, 0.2) is 0 Å². The summed E-state index contributed by atoms with van der Waals surface area (Å²) in [5, 5.41) is 0. The van der Waals surface area contributed by atoms with Gasteiger partial charge in [0, 0.05) is 18.9 Å². The van der Waals surface area contributed by atoms with Crippen LogP contribution in [0, 0.1) is 11.3 Å². The van der Waals surface area contributed by atoms with Gasteiger partial charge in [0.2, 0.25) is 5.88 Å². The first kappa shape index (κ1) is 16.5. The zero-order chi connectivity index (χ0) is 16.3. The summed E-state index contributed by atoms with van der Waals surface area (Å²) >= 11 is 0. The average Bonchev–Trinajstić information content (AvgIpc) is 2.50. The van der Waals surface area contributed by atoms with Crippen molar-refractivity contribution in [3.63, 3.8) is 0 Å². The third-order valence-corrected chi connectivity index (χ3v) is 5.15. The molecule has 0 atom stereocenters. The normalized spacial score (nSPS) is 22.6. The predicted octanol–water partition coefficient (Wildman–Crippen LogP) is 3.30. The van der Waals surface area contributed by atoms with Crippen LogP contribution in [0.25, 0.3) is 0 Å². The molecular formula is C16H22F3N3O. The van der Waals surface area contributed by atoms with Crippen molar-refractivity contribution in [3.8, 4) is 5.88 Å². The van der Waals surface area contributed by atoms with Crippen LogP contribution in [0.5, 0.6) is 5.88 Å². The molecule has 0 unspecified atom stereocenters. The Hall–Kier alpha value is -1.37. The topological polar surface area (TPSA) is 38.2 Å². The SMILES string of the molecule is FC(F)(F)C1(CN2CCC(COc3cnccn3)CC2)CCC1. The van der Waals surface area contributed by atoms with E-state index in [0.29, 0.717) is 37.9 Å². The van der Waals surface area contributed by atoms with Gasteiger partial charge in [0.25, 0.3) is 0 Å². The maximum absolute atomic E-state index is 13.2. The Morgan fingerprint density at radius 3 is 2.48 bits per heavy atom. The van der Waals surface area contributed by atoms with Gasteiger partial charge in [-0.3, -0.25) is 4.98 Å². The molecule has 128 valence electrons. The highest BCUT2D eigenvalue weighted by Gasteiger charge is 2.58. The van der Waals surface area contributed by atoms with Gasteiger partial charge >= 0.3 is 6.18 Å². The quantitative estimate of drug-likeness (QED) is 0.831. The van der Waals surface area contributed by atoms with E-state index in [9.17, 15) is 13.2 Å². The van der Waals surface area contributed by atoms with Gasteiger partial charge < -0.3 is 9.64 Å². The Bertz CT molecular complexity index is 497. The summed E-state index contributed by atoms with van der Waals surface area (Å²) in [7, 11) is 0. The molecule has 0 radical (unpaired) electrons. The summed E-state index contributed by atoms with van der Waals surface area (Å²) in [6.45, 7) is 2.14. The summed E-state index contributed by atoms with van der Waals surface area (Å²) < 4.78 is 45.3. The van der Waals surface area contributed by atoms with E-state index in [-0.39, 0.29) is 19.4 Å². The highest BCUT2D eigenvalue weighted by atomic mass is 19.4. The molecule has 0 N–H and O–H groups in total. The lowest BCUT2D eigenvalue weighted by atomic mass is 9.67. The second-order valence-electron chi connectivity index (χ2n) is 6.71. The van der Waals surface area contributed by atoms with Gasteiger partial charge in [-0.25, -0.2) is 4.98 Å². The maximum Gasteiger partial charge on any atom is 0.395 e. The van der Waals surface area contributed by atoms with Crippen molar-refractivity contribution in [1.29, 1.82) is 0 Å². The summed E-state index contributed by atoms with van der Waals surface area (Å²) in [5.74, 6) is 0.872. The molecule has 2 aliphatic rings. The first-order valence-corrected chi connectivity index (χ1v) is 8.16. The van der Waals surface area contributed by atoms with Crippen LogP contribution >= 0.6 is 0 Å². The number of halogens is 3. The van der Waals surface area contributed by atoms with E-state index in [1.165, 1.54) is 0 Å².